The van der Waals surface area contributed by atoms with Crippen molar-refractivity contribution in [2.45, 2.75) is 6.42 Å². The number of hydrogen-bond donors (Lipinski definition) is 1. The Labute approximate surface area is 88.6 Å². The van der Waals surface area contributed by atoms with Gasteiger partial charge in [0.15, 0.2) is 0 Å². The van der Waals surface area contributed by atoms with Crippen LogP contribution in [0.15, 0.2) is 35.3 Å². The van der Waals surface area contributed by atoms with Gasteiger partial charge in [-0.15, -0.1) is 0 Å². The summed E-state index contributed by atoms with van der Waals surface area (Å²) >= 11 is 4.49. The lowest BCUT2D eigenvalue weighted by molar-refractivity contribution is 0.303. The van der Waals surface area contributed by atoms with Crippen LogP contribution in [-0.2, 0) is 0 Å². The first-order valence-electron chi connectivity index (χ1n) is 4.32. The zero-order valence-corrected chi connectivity index (χ0v) is 8.50. The SMILES string of the molecule is OCCC=Cc1ccc(N=C=S)cc1. The largest absolute Gasteiger partial charge is 0.396 e. The molecule has 0 aliphatic heterocycles. The summed E-state index contributed by atoms with van der Waals surface area (Å²) in [5.74, 6) is 0. The van der Waals surface area contributed by atoms with Crippen LogP contribution < -0.4 is 0 Å². The van der Waals surface area contributed by atoms with Gasteiger partial charge in [0.25, 0.3) is 0 Å². The van der Waals surface area contributed by atoms with E-state index in [0.717, 1.165) is 11.3 Å². The van der Waals surface area contributed by atoms with Gasteiger partial charge in [-0.2, -0.15) is 4.99 Å². The molecule has 1 aromatic carbocycles. The summed E-state index contributed by atoms with van der Waals surface area (Å²) in [6.07, 6.45) is 4.57. The number of nitrogens with zero attached hydrogens (tertiary/aromatic N) is 1. The molecule has 72 valence electrons. The van der Waals surface area contributed by atoms with E-state index in [-0.39, 0.29) is 6.61 Å². The molecule has 0 radical (unpaired) electrons. The lowest BCUT2D eigenvalue weighted by Gasteiger charge is -1.93. The molecule has 0 unspecified atom stereocenters. The Hall–Kier alpha value is -1.28. The van der Waals surface area contributed by atoms with Gasteiger partial charge >= 0.3 is 0 Å². The number of thiocarbonyl (C=S) groups is 1. The van der Waals surface area contributed by atoms with Crippen LogP contribution in [0.4, 0.5) is 5.69 Å². The van der Waals surface area contributed by atoms with E-state index in [2.05, 4.69) is 22.4 Å². The second kappa shape index (κ2) is 6.22. The third-order valence-corrected chi connectivity index (χ3v) is 1.77. The van der Waals surface area contributed by atoms with Gasteiger partial charge in [0.2, 0.25) is 0 Å². The van der Waals surface area contributed by atoms with Crippen LogP contribution in [0.3, 0.4) is 0 Å². The first-order chi connectivity index (χ1) is 6.86. The Morgan fingerprint density at radius 1 is 1.36 bits per heavy atom. The Kier molecular flexibility index (Phi) is 4.79. The molecule has 0 amide bonds. The minimum atomic E-state index is 0.184. The molecule has 1 rings (SSSR count). The Morgan fingerprint density at radius 2 is 2.07 bits per heavy atom. The van der Waals surface area contributed by atoms with Crippen LogP contribution in [0.1, 0.15) is 12.0 Å². The Morgan fingerprint density at radius 3 is 2.64 bits per heavy atom. The van der Waals surface area contributed by atoms with Gasteiger partial charge in [-0.1, -0.05) is 24.3 Å². The summed E-state index contributed by atoms with van der Waals surface area (Å²) in [6.45, 7) is 0.184. The molecule has 0 atom stereocenters. The molecule has 0 aliphatic carbocycles. The van der Waals surface area contributed by atoms with Gasteiger partial charge in [-0.3, -0.25) is 0 Å². The monoisotopic (exact) mass is 205 g/mol. The molecule has 0 bridgehead atoms. The van der Waals surface area contributed by atoms with E-state index in [1.54, 1.807) is 0 Å². The molecule has 0 saturated carbocycles. The second-order valence-corrected chi connectivity index (χ2v) is 2.89. The first-order valence-corrected chi connectivity index (χ1v) is 4.73. The quantitative estimate of drug-likeness (QED) is 0.605. The molecule has 0 heterocycles. The average Bonchev–Trinajstić information content (AvgIpc) is 2.21. The van der Waals surface area contributed by atoms with Gasteiger partial charge < -0.3 is 5.11 Å². The minimum Gasteiger partial charge on any atom is -0.396 e. The van der Waals surface area contributed by atoms with Crippen molar-refractivity contribution in [3.8, 4) is 0 Å². The van der Waals surface area contributed by atoms with Crippen LogP contribution in [0, 0.1) is 0 Å². The van der Waals surface area contributed by atoms with Crippen molar-refractivity contribution in [2.75, 3.05) is 6.61 Å². The highest BCUT2D eigenvalue weighted by atomic mass is 32.1. The molecule has 0 fully saturated rings. The molecule has 0 aromatic heterocycles. The fourth-order valence-corrected chi connectivity index (χ4v) is 1.11. The van der Waals surface area contributed by atoms with E-state index in [4.69, 9.17) is 5.11 Å². The summed E-state index contributed by atoms with van der Waals surface area (Å²) in [5.41, 5.74) is 1.89. The molecule has 0 spiro atoms. The van der Waals surface area contributed by atoms with E-state index in [1.807, 2.05) is 36.4 Å². The Bertz CT molecular complexity index is 350. The number of aliphatic imine (C=N–C) groups is 1. The molecule has 2 nitrogen and oxygen atoms in total. The van der Waals surface area contributed by atoms with E-state index < -0.39 is 0 Å². The van der Waals surface area contributed by atoms with Crippen LogP contribution in [0.2, 0.25) is 0 Å². The van der Waals surface area contributed by atoms with Crippen molar-refractivity contribution in [1.29, 1.82) is 0 Å². The summed E-state index contributed by atoms with van der Waals surface area (Å²) in [7, 11) is 0. The van der Waals surface area contributed by atoms with Crippen molar-refractivity contribution in [2.24, 2.45) is 4.99 Å². The summed E-state index contributed by atoms with van der Waals surface area (Å²) in [5, 5.41) is 10.9. The molecule has 0 saturated heterocycles. The van der Waals surface area contributed by atoms with Crippen LogP contribution in [0.5, 0.6) is 0 Å². The number of hydrogen-bond acceptors (Lipinski definition) is 3. The predicted octanol–water partition coefficient (Wildman–Crippen LogP) is 2.82. The van der Waals surface area contributed by atoms with Gasteiger partial charge in [0, 0.05) is 6.61 Å². The van der Waals surface area contributed by atoms with Crippen molar-refractivity contribution in [1.82, 2.24) is 0 Å². The number of aliphatic hydroxyl groups excluding tert-OH is 1. The standard InChI is InChI=1S/C11H11NOS/c13-8-2-1-3-10-4-6-11(7-5-10)12-9-14/h1,3-7,13H,2,8H2. The molecule has 1 aromatic rings. The molecule has 3 heteroatoms. The maximum atomic E-state index is 8.57. The lowest BCUT2D eigenvalue weighted by Crippen LogP contribution is -1.76. The predicted molar refractivity (Wildman–Crippen MR) is 61.9 cm³/mol. The van der Waals surface area contributed by atoms with Crippen molar-refractivity contribution in [3.05, 3.63) is 35.9 Å². The smallest absolute Gasteiger partial charge is 0.0739 e. The van der Waals surface area contributed by atoms with Crippen molar-refractivity contribution in [3.63, 3.8) is 0 Å². The van der Waals surface area contributed by atoms with Gasteiger partial charge in [0.1, 0.15) is 0 Å². The number of rotatable bonds is 4. The highest BCUT2D eigenvalue weighted by molar-refractivity contribution is 7.78. The van der Waals surface area contributed by atoms with E-state index in [0.29, 0.717) is 6.42 Å². The molecule has 14 heavy (non-hydrogen) atoms. The zero-order valence-electron chi connectivity index (χ0n) is 7.68. The molecule has 0 aliphatic rings. The molecular weight excluding hydrogens is 194 g/mol. The molecule has 1 N–H and O–H groups in total. The highest BCUT2D eigenvalue weighted by Crippen LogP contribution is 2.13. The third-order valence-electron chi connectivity index (χ3n) is 1.67. The maximum absolute atomic E-state index is 8.57. The number of aliphatic hydroxyl groups is 1. The van der Waals surface area contributed by atoms with Gasteiger partial charge in [-0.05, 0) is 36.3 Å². The van der Waals surface area contributed by atoms with E-state index in [9.17, 15) is 0 Å². The minimum absolute atomic E-state index is 0.184. The fourth-order valence-electron chi connectivity index (χ4n) is 1.01. The fraction of sp³-hybridized carbons (Fsp3) is 0.182. The first kappa shape index (κ1) is 10.8. The zero-order chi connectivity index (χ0) is 10.2. The third kappa shape index (κ3) is 3.62. The van der Waals surface area contributed by atoms with Gasteiger partial charge in [-0.25, -0.2) is 0 Å². The summed E-state index contributed by atoms with van der Waals surface area (Å²) in [4.78, 5) is 3.84. The normalized spacial score (nSPS) is 10.1. The van der Waals surface area contributed by atoms with Crippen LogP contribution in [0.25, 0.3) is 6.08 Å². The van der Waals surface area contributed by atoms with Crippen LogP contribution in [-0.4, -0.2) is 16.9 Å². The average molecular weight is 205 g/mol. The van der Waals surface area contributed by atoms with E-state index >= 15 is 0 Å². The maximum Gasteiger partial charge on any atom is 0.0739 e. The second-order valence-electron chi connectivity index (χ2n) is 2.71. The van der Waals surface area contributed by atoms with E-state index in [1.165, 1.54) is 0 Å². The van der Waals surface area contributed by atoms with Crippen molar-refractivity contribution >= 4 is 29.1 Å². The number of benzene rings is 1. The number of isothiocyanates is 1. The van der Waals surface area contributed by atoms with Crippen molar-refractivity contribution < 1.29 is 5.11 Å². The summed E-state index contributed by atoms with van der Waals surface area (Å²) in [6, 6.07) is 7.63. The molecular formula is C11H11NOS. The summed E-state index contributed by atoms with van der Waals surface area (Å²) < 4.78 is 0. The Balaban J connectivity index is 2.68. The van der Waals surface area contributed by atoms with Crippen LogP contribution >= 0.6 is 12.2 Å². The van der Waals surface area contributed by atoms with Gasteiger partial charge in [0.05, 0.1) is 10.8 Å². The topological polar surface area (TPSA) is 32.6 Å². The lowest BCUT2D eigenvalue weighted by atomic mass is 10.2. The highest BCUT2D eigenvalue weighted by Gasteiger charge is 1.88.